The molecule has 0 amide bonds. The van der Waals surface area contributed by atoms with Gasteiger partial charge in [0.15, 0.2) is 0 Å². The van der Waals surface area contributed by atoms with E-state index in [9.17, 15) is 0 Å². The quantitative estimate of drug-likeness (QED) is 0.550. The van der Waals surface area contributed by atoms with E-state index in [-0.39, 0.29) is 0 Å². The fraction of sp³-hybridized carbons (Fsp3) is 0.833. The maximum absolute atomic E-state index is 6.73. The molecule has 0 rings (SSSR count). The summed E-state index contributed by atoms with van der Waals surface area (Å²) in [7, 11) is 1.68. The van der Waals surface area contributed by atoms with Gasteiger partial charge in [0.2, 0.25) is 0 Å². The minimum atomic E-state index is 0.498. The van der Waals surface area contributed by atoms with E-state index < -0.39 is 0 Å². The largest absolute Gasteiger partial charge is 0.384 e. The smallest absolute Gasteiger partial charge is 0.0491 e. The number of hydrogen-bond donors (Lipinski definition) is 1. The molecule has 0 aromatic rings. The van der Waals surface area contributed by atoms with Gasteiger partial charge in [-0.1, -0.05) is 6.92 Å². The van der Waals surface area contributed by atoms with Crippen LogP contribution >= 0.6 is 0 Å². The standard InChI is InChI=1S/C6H13NO/c1-6(3-4-7)5-8-2/h4,6-7H,3,5H2,1-2H3. The summed E-state index contributed by atoms with van der Waals surface area (Å²) in [6, 6.07) is 0. The van der Waals surface area contributed by atoms with E-state index in [1.165, 1.54) is 6.21 Å². The summed E-state index contributed by atoms with van der Waals surface area (Å²) in [4.78, 5) is 0. The highest BCUT2D eigenvalue weighted by molar-refractivity contribution is 5.53. The van der Waals surface area contributed by atoms with E-state index in [2.05, 4.69) is 6.92 Å². The fourth-order valence-electron chi connectivity index (χ4n) is 0.554. The maximum atomic E-state index is 6.73. The first kappa shape index (κ1) is 7.63. The predicted octanol–water partition coefficient (Wildman–Crippen LogP) is 1.31. The van der Waals surface area contributed by atoms with Crippen LogP contribution in [0.2, 0.25) is 0 Å². The highest BCUT2D eigenvalue weighted by Gasteiger charge is 1.95. The van der Waals surface area contributed by atoms with Crippen molar-refractivity contribution in [3.63, 3.8) is 0 Å². The summed E-state index contributed by atoms with van der Waals surface area (Å²) < 4.78 is 4.85. The molecule has 0 spiro atoms. The molecule has 0 aliphatic heterocycles. The van der Waals surface area contributed by atoms with Crippen molar-refractivity contribution in [3.05, 3.63) is 0 Å². The van der Waals surface area contributed by atoms with Crippen LogP contribution in [0.3, 0.4) is 0 Å². The SMILES string of the molecule is COCC(C)CC=N. The summed E-state index contributed by atoms with van der Waals surface area (Å²) in [5.41, 5.74) is 0. The minimum absolute atomic E-state index is 0.498. The number of rotatable bonds is 4. The van der Waals surface area contributed by atoms with Gasteiger partial charge in [0, 0.05) is 13.7 Å². The maximum Gasteiger partial charge on any atom is 0.0491 e. The second-order valence-electron chi connectivity index (χ2n) is 2.00. The second-order valence-corrected chi connectivity index (χ2v) is 2.00. The van der Waals surface area contributed by atoms with Crippen LogP contribution in [0.15, 0.2) is 0 Å². The molecular formula is C6H13NO. The van der Waals surface area contributed by atoms with Crippen molar-refractivity contribution >= 4 is 6.21 Å². The first-order valence-electron chi connectivity index (χ1n) is 2.79. The van der Waals surface area contributed by atoms with Crippen LogP contribution in [0.4, 0.5) is 0 Å². The predicted molar refractivity (Wildman–Crippen MR) is 34.4 cm³/mol. The molecule has 0 radical (unpaired) electrons. The normalized spacial score (nSPS) is 13.2. The molecule has 1 unspecified atom stereocenters. The van der Waals surface area contributed by atoms with E-state index in [4.69, 9.17) is 10.1 Å². The summed E-state index contributed by atoms with van der Waals surface area (Å²) in [6.07, 6.45) is 2.25. The van der Waals surface area contributed by atoms with Gasteiger partial charge in [-0.25, -0.2) is 0 Å². The van der Waals surface area contributed by atoms with Crippen LogP contribution in [0, 0.1) is 11.3 Å². The Labute approximate surface area is 50.4 Å². The van der Waals surface area contributed by atoms with Crippen molar-refractivity contribution < 1.29 is 4.74 Å². The zero-order valence-corrected chi connectivity index (χ0v) is 5.48. The zero-order valence-electron chi connectivity index (χ0n) is 5.48. The van der Waals surface area contributed by atoms with Crippen LogP contribution in [-0.4, -0.2) is 19.9 Å². The third-order valence-corrected chi connectivity index (χ3v) is 0.971. The molecule has 0 saturated carbocycles. The first-order chi connectivity index (χ1) is 3.81. The van der Waals surface area contributed by atoms with Gasteiger partial charge >= 0.3 is 0 Å². The third-order valence-electron chi connectivity index (χ3n) is 0.971. The molecule has 8 heavy (non-hydrogen) atoms. The van der Waals surface area contributed by atoms with Crippen LogP contribution in [-0.2, 0) is 4.74 Å². The number of methoxy groups -OCH3 is 1. The Bertz CT molecular complexity index is 63.5. The molecule has 0 aromatic heterocycles. The van der Waals surface area contributed by atoms with Gasteiger partial charge in [-0.3, -0.25) is 0 Å². The van der Waals surface area contributed by atoms with Gasteiger partial charge in [0.1, 0.15) is 0 Å². The van der Waals surface area contributed by atoms with Crippen LogP contribution in [0.5, 0.6) is 0 Å². The van der Waals surface area contributed by atoms with Gasteiger partial charge in [-0.15, -0.1) is 0 Å². The van der Waals surface area contributed by atoms with Crippen molar-refractivity contribution in [2.75, 3.05) is 13.7 Å². The molecule has 0 aliphatic rings. The molecule has 2 heteroatoms. The van der Waals surface area contributed by atoms with Gasteiger partial charge in [-0.2, -0.15) is 0 Å². The van der Waals surface area contributed by atoms with Gasteiger partial charge in [0.05, 0.1) is 0 Å². The van der Waals surface area contributed by atoms with E-state index in [1.54, 1.807) is 7.11 Å². The van der Waals surface area contributed by atoms with Gasteiger partial charge in [0.25, 0.3) is 0 Å². The van der Waals surface area contributed by atoms with Crippen LogP contribution < -0.4 is 0 Å². The summed E-state index contributed by atoms with van der Waals surface area (Å²) in [5.74, 6) is 0.498. The van der Waals surface area contributed by atoms with Crippen LogP contribution in [0.25, 0.3) is 0 Å². The Balaban J connectivity index is 3.03. The first-order valence-corrected chi connectivity index (χ1v) is 2.79. The van der Waals surface area contributed by atoms with Gasteiger partial charge in [-0.05, 0) is 18.6 Å². The lowest BCUT2D eigenvalue weighted by atomic mass is 10.1. The van der Waals surface area contributed by atoms with E-state index in [0.717, 1.165) is 13.0 Å². The van der Waals surface area contributed by atoms with Crippen molar-refractivity contribution in [2.45, 2.75) is 13.3 Å². The topological polar surface area (TPSA) is 33.1 Å². The van der Waals surface area contributed by atoms with Crippen molar-refractivity contribution in [1.82, 2.24) is 0 Å². The van der Waals surface area contributed by atoms with Crippen molar-refractivity contribution in [2.24, 2.45) is 5.92 Å². The highest BCUT2D eigenvalue weighted by Crippen LogP contribution is 1.97. The number of nitrogens with one attached hydrogen (secondary N) is 1. The molecule has 0 bridgehead atoms. The van der Waals surface area contributed by atoms with Crippen molar-refractivity contribution in [1.29, 1.82) is 5.41 Å². The number of hydrogen-bond acceptors (Lipinski definition) is 2. The Morgan fingerprint density at radius 2 is 2.38 bits per heavy atom. The van der Waals surface area contributed by atoms with E-state index >= 15 is 0 Å². The van der Waals surface area contributed by atoms with E-state index in [0.29, 0.717) is 5.92 Å². The van der Waals surface area contributed by atoms with Gasteiger partial charge < -0.3 is 10.1 Å². The minimum Gasteiger partial charge on any atom is -0.384 e. The molecule has 0 aliphatic carbocycles. The Morgan fingerprint density at radius 3 is 2.75 bits per heavy atom. The monoisotopic (exact) mass is 115 g/mol. The Hall–Kier alpha value is -0.370. The number of ether oxygens (including phenoxy) is 1. The lowest BCUT2D eigenvalue weighted by Gasteiger charge is -2.03. The Kier molecular flexibility index (Phi) is 4.56. The molecular weight excluding hydrogens is 102 g/mol. The molecule has 0 aromatic carbocycles. The average Bonchev–Trinajstić information content (AvgIpc) is 1.68. The fourth-order valence-corrected chi connectivity index (χ4v) is 0.554. The molecule has 1 atom stereocenters. The molecule has 0 heterocycles. The molecule has 0 saturated heterocycles. The lowest BCUT2D eigenvalue weighted by molar-refractivity contribution is 0.163. The second kappa shape index (κ2) is 4.78. The average molecular weight is 115 g/mol. The summed E-state index contributed by atoms with van der Waals surface area (Å²) in [5, 5.41) is 6.73. The summed E-state index contributed by atoms with van der Waals surface area (Å²) >= 11 is 0. The summed E-state index contributed by atoms with van der Waals surface area (Å²) in [6.45, 7) is 2.82. The van der Waals surface area contributed by atoms with E-state index in [1.807, 2.05) is 0 Å². The van der Waals surface area contributed by atoms with Crippen molar-refractivity contribution in [3.8, 4) is 0 Å². The molecule has 1 N–H and O–H groups in total. The van der Waals surface area contributed by atoms with Crippen LogP contribution in [0.1, 0.15) is 13.3 Å². The lowest BCUT2D eigenvalue weighted by Crippen LogP contribution is -2.02. The molecule has 48 valence electrons. The zero-order chi connectivity index (χ0) is 6.41. The third kappa shape index (κ3) is 3.81. The highest BCUT2D eigenvalue weighted by atomic mass is 16.5. The Morgan fingerprint density at radius 1 is 1.75 bits per heavy atom. The molecule has 0 fully saturated rings. The molecule has 2 nitrogen and oxygen atoms in total.